The predicted molar refractivity (Wildman–Crippen MR) is 66.0 cm³/mol. The Labute approximate surface area is 102 Å². The van der Waals surface area contributed by atoms with Crippen LogP contribution in [-0.2, 0) is 20.8 Å². The molecule has 1 aromatic rings. The van der Waals surface area contributed by atoms with Gasteiger partial charge in [0, 0.05) is 26.9 Å². The Balaban J connectivity index is 0.000000366. The summed E-state index contributed by atoms with van der Waals surface area (Å²) < 4.78 is 14.3. The van der Waals surface area contributed by atoms with Gasteiger partial charge in [0.2, 0.25) is 0 Å². The molecule has 1 aromatic carbocycles. The van der Waals surface area contributed by atoms with Gasteiger partial charge in [-0.15, -0.1) is 0 Å². The molecule has 17 heavy (non-hydrogen) atoms. The van der Waals surface area contributed by atoms with Gasteiger partial charge in [-0.25, -0.2) is 0 Å². The van der Waals surface area contributed by atoms with E-state index in [-0.39, 0.29) is 6.29 Å². The molecule has 96 valence electrons. The molecule has 0 aromatic heterocycles. The lowest BCUT2D eigenvalue weighted by Gasteiger charge is -2.03. The van der Waals surface area contributed by atoms with E-state index in [1.807, 2.05) is 19.1 Å². The molecule has 0 atom stereocenters. The van der Waals surface area contributed by atoms with Crippen molar-refractivity contribution in [1.29, 1.82) is 0 Å². The standard InChI is InChI=1S/C9H10O2.C4H10O2/c1-11-7-9-4-2-8(6-10)3-5-9;1-4(5-2)6-3/h2-6H,7H2,1H3;4H,1-3H3. The highest BCUT2D eigenvalue weighted by Crippen LogP contribution is 2.02. The average Bonchev–Trinajstić information content (AvgIpc) is 2.40. The van der Waals surface area contributed by atoms with Crippen molar-refractivity contribution in [3.8, 4) is 0 Å². The minimum atomic E-state index is -0.0648. The number of ether oxygens (including phenoxy) is 3. The van der Waals surface area contributed by atoms with E-state index in [2.05, 4.69) is 9.47 Å². The Hall–Kier alpha value is -1.23. The van der Waals surface area contributed by atoms with E-state index in [9.17, 15) is 4.79 Å². The highest BCUT2D eigenvalue weighted by molar-refractivity contribution is 5.74. The van der Waals surface area contributed by atoms with Gasteiger partial charge in [-0.1, -0.05) is 24.3 Å². The van der Waals surface area contributed by atoms with Crippen LogP contribution >= 0.6 is 0 Å². The Kier molecular flexibility index (Phi) is 9.24. The number of rotatable bonds is 5. The maximum absolute atomic E-state index is 10.2. The largest absolute Gasteiger partial charge is 0.380 e. The molecule has 0 radical (unpaired) electrons. The molecule has 0 heterocycles. The SMILES string of the molecule is COC(C)OC.COCc1ccc(C=O)cc1. The summed E-state index contributed by atoms with van der Waals surface area (Å²) in [4.78, 5) is 10.2. The Morgan fingerprint density at radius 2 is 1.65 bits per heavy atom. The first-order valence-corrected chi connectivity index (χ1v) is 5.26. The maximum Gasteiger partial charge on any atom is 0.154 e. The van der Waals surface area contributed by atoms with Crippen molar-refractivity contribution in [2.75, 3.05) is 21.3 Å². The number of methoxy groups -OCH3 is 3. The second-order valence-corrected chi connectivity index (χ2v) is 3.33. The fourth-order valence-electron chi connectivity index (χ4n) is 0.955. The minimum Gasteiger partial charge on any atom is -0.380 e. The lowest BCUT2D eigenvalue weighted by molar-refractivity contribution is -0.0877. The maximum atomic E-state index is 10.2. The molecule has 0 aliphatic carbocycles. The second-order valence-electron chi connectivity index (χ2n) is 3.33. The van der Waals surface area contributed by atoms with Crippen LogP contribution < -0.4 is 0 Å². The molecular weight excluding hydrogens is 220 g/mol. The van der Waals surface area contributed by atoms with E-state index in [0.29, 0.717) is 12.2 Å². The molecule has 0 fully saturated rings. The number of carbonyl (C=O) groups is 1. The topological polar surface area (TPSA) is 44.8 Å². The van der Waals surface area contributed by atoms with Crippen LogP contribution in [0.15, 0.2) is 24.3 Å². The monoisotopic (exact) mass is 240 g/mol. The van der Waals surface area contributed by atoms with Crippen molar-refractivity contribution in [3.05, 3.63) is 35.4 Å². The van der Waals surface area contributed by atoms with Gasteiger partial charge in [0.05, 0.1) is 6.61 Å². The number of hydrogen-bond acceptors (Lipinski definition) is 4. The van der Waals surface area contributed by atoms with Gasteiger partial charge in [0.25, 0.3) is 0 Å². The molecule has 0 N–H and O–H groups in total. The summed E-state index contributed by atoms with van der Waals surface area (Å²) >= 11 is 0. The zero-order valence-electron chi connectivity index (χ0n) is 10.8. The Morgan fingerprint density at radius 1 is 1.12 bits per heavy atom. The van der Waals surface area contributed by atoms with Gasteiger partial charge < -0.3 is 14.2 Å². The third-order valence-corrected chi connectivity index (χ3v) is 2.09. The van der Waals surface area contributed by atoms with Crippen LogP contribution in [0.3, 0.4) is 0 Å². The molecular formula is C13H20O4. The van der Waals surface area contributed by atoms with E-state index in [1.165, 1.54) is 0 Å². The first-order chi connectivity index (χ1) is 8.17. The van der Waals surface area contributed by atoms with E-state index in [4.69, 9.17) is 4.74 Å². The normalized spacial score (nSPS) is 9.71. The number of benzene rings is 1. The van der Waals surface area contributed by atoms with E-state index < -0.39 is 0 Å². The molecule has 0 unspecified atom stereocenters. The molecule has 0 aliphatic heterocycles. The van der Waals surface area contributed by atoms with Crippen LogP contribution in [0.25, 0.3) is 0 Å². The van der Waals surface area contributed by atoms with Gasteiger partial charge in [-0.2, -0.15) is 0 Å². The smallest absolute Gasteiger partial charge is 0.154 e. The molecule has 0 bridgehead atoms. The first kappa shape index (κ1) is 15.8. The summed E-state index contributed by atoms with van der Waals surface area (Å²) in [7, 11) is 4.86. The molecule has 0 spiro atoms. The first-order valence-electron chi connectivity index (χ1n) is 5.26. The average molecular weight is 240 g/mol. The third kappa shape index (κ3) is 7.63. The predicted octanol–water partition coefficient (Wildman–Crippen LogP) is 2.27. The van der Waals surface area contributed by atoms with Gasteiger partial charge in [-0.3, -0.25) is 4.79 Å². The quantitative estimate of drug-likeness (QED) is 0.585. The summed E-state index contributed by atoms with van der Waals surface area (Å²) in [5.74, 6) is 0. The zero-order valence-corrected chi connectivity index (χ0v) is 10.8. The van der Waals surface area contributed by atoms with Crippen LogP contribution in [-0.4, -0.2) is 33.9 Å². The lowest BCUT2D eigenvalue weighted by atomic mass is 10.2. The van der Waals surface area contributed by atoms with Crippen LogP contribution in [0.1, 0.15) is 22.8 Å². The van der Waals surface area contributed by atoms with Crippen molar-refractivity contribution in [3.63, 3.8) is 0 Å². The molecule has 0 amide bonds. The van der Waals surface area contributed by atoms with E-state index in [0.717, 1.165) is 11.8 Å². The molecule has 1 rings (SSSR count). The van der Waals surface area contributed by atoms with Crippen LogP contribution in [0.4, 0.5) is 0 Å². The summed E-state index contributed by atoms with van der Waals surface area (Å²) in [5.41, 5.74) is 1.78. The Bertz CT molecular complexity index is 291. The second kappa shape index (κ2) is 9.96. The molecule has 0 saturated carbocycles. The van der Waals surface area contributed by atoms with Gasteiger partial charge in [-0.05, 0) is 12.5 Å². The summed E-state index contributed by atoms with van der Waals surface area (Å²) in [5, 5.41) is 0. The summed E-state index contributed by atoms with van der Waals surface area (Å²) in [6.07, 6.45) is 0.765. The van der Waals surface area contributed by atoms with E-state index in [1.54, 1.807) is 33.5 Å². The van der Waals surface area contributed by atoms with Crippen LogP contribution in [0, 0.1) is 0 Å². The van der Waals surface area contributed by atoms with Gasteiger partial charge in [0.15, 0.2) is 6.29 Å². The lowest BCUT2D eigenvalue weighted by Crippen LogP contribution is -2.05. The van der Waals surface area contributed by atoms with Gasteiger partial charge >= 0.3 is 0 Å². The minimum absolute atomic E-state index is 0.0648. The van der Waals surface area contributed by atoms with Crippen molar-refractivity contribution in [1.82, 2.24) is 0 Å². The Morgan fingerprint density at radius 3 is 1.94 bits per heavy atom. The van der Waals surface area contributed by atoms with Crippen molar-refractivity contribution in [2.45, 2.75) is 19.8 Å². The highest BCUT2D eigenvalue weighted by atomic mass is 16.7. The highest BCUT2D eigenvalue weighted by Gasteiger charge is 1.91. The molecule has 0 saturated heterocycles. The van der Waals surface area contributed by atoms with Crippen molar-refractivity contribution in [2.24, 2.45) is 0 Å². The zero-order chi connectivity index (χ0) is 13.1. The number of carbonyl (C=O) groups excluding carboxylic acids is 1. The fourth-order valence-corrected chi connectivity index (χ4v) is 0.955. The summed E-state index contributed by atoms with van der Waals surface area (Å²) in [6.45, 7) is 2.43. The fraction of sp³-hybridized carbons (Fsp3) is 0.462. The number of hydrogen-bond donors (Lipinski definition) is 0. The van der Waals surface area contributed by atoms with Crippen LogP contribution in [0.2, 0.25) is 0 Å². The summed E-state index contributed by atoms with van der Waals surface area (Å²) in [6, 6.07) is 7.32. The van der Waals surface area contributed by atoms with Crippen LogP contribution in [0.5, 0.6) is 0 Å². The van der Waals surface area contributed by atoms with Crippen molar-refractivity contribution >= 4 is 6.29 Å². The number of aldehydes is 1. The van der Waals surface area contributed by atoms with Gasteiger partial charge in [0.1, 0.15) is 6.29 Å². The van der Waals surface area contributed by atoms with Crippen molar-refractivity contribution < 1.29 is 19.0 Å². The third-order valence-electron chi connectivity index (χ3n) is 2.09. The molecule has 4 heteroatoms. The molecule has 4 nitrogen and oxygen atoms in total. The van der Waals surface area contributed by atoms with E-state index >= 15 is 0 Å². The molecule has 0 aliphatic rings.